The van der Waals surface area contributed by atoms with Crippen molar-refractivity contribution in [3.05, 3.63) is 11.7 Å². The van der Waals surface area contributed by atoms with E-state index in [1.54, 1.807) is 0 Å². The number of aromatic nitrogens is 2. The molecule has 1 aliphatic rings. The van der Waals surface area contributed by atoms with E-state index in [4.69, 9.17) is 14.0 Å². The Morgan fingerprint density at radius 3 is 2.71 bits per heavy atom. The van der Waals surface area contributed by atoms with Crippen LogP contribution in [0.3, 0.4) is 0 Å². The van der Waals surface area contributed by atoms with E-state index in [0.29, 0.717) is 38.5 Å². The maximum absolute atomic E-state index is 11.1. The van der Waals surface area contributed by atoms with Crippen molar-refractivity contribution in [2.45, 2.75) is 32.3 Å². The monoisotopic (exact) mass is 240 g/mol. The molecule has 6 nitrogen and oxygen atoms in total. The maximum atomic E-state index is 11.1. The van der Waals surface area contributed by atoms with Gasteiger partial charge in [0.2, 0.25) is 11.6 Å². The van der Waals surface area contributed by atoms with Crippen LogP contribution in [0.25, 0.3) is 0 Å². The summed E-state index contributed by atoms with van der Waals surface area (Å²) in [4.78, 5) is 15.3. The highest BCUT2D eigenvalue weighted by molar-refractivity contribution is 5.89. The van der Waals surface area contributed by atoms with Gasteiger partial charge in [-0.25, -0.2) is 0 Å². The quantitative estimate of drug-likeness (QED) is 0.739. The lowest BCUT2D eigenvalue weighted by atomic mass is 9.93. The second-order valence-corrected chi connectivity index (χ2v) is 4.02. The largest absolute Gasteiger partial charge is 0.381 e. The van der Waals surface area contributed by atoms with Gasteiger partial charge in [-0.1, -0.05) is 5.16 Å². The van der Waals surface area contributed by atoms with E-state index >= 15 is 0 Å². The summed E-state index contributed by atoms with van der Waals surface area (Å²) in [6.45, 7) is 5.08. The highest BCUT2D eigenvalue weighted by atomic mass is 16.5. The molecular formula is C11H16N2O4. The number of Topliss-reactive ketones (excluding diaryl/α,β-unsaturated/α-hetero) is 1. The summed E-state index contributed by atoms with van der Waals surface area (Å²) in [6.07, 6.45) is 1.36. The summed E-state index contributed by atoms with van der Waals surface area (Å²) in [5.41, 5.74) is -0.565. The molecule has 0 aromatic carbocycles. The van der Waals surface area contributed by atoms with Crippen molar-refractivity contribution in [2.24, 2.45) is 0 Å². The van der Waals surface area contributed by atoms with E-state index in [2.05, 4.69) is 10.1 Å². The first-order valence-corrected chi connectivity index (χ1v) is 5.75. The molecule has 0 atom stereocenters. The smallest absolute Gasteiger partial charge is 0.293 e. The Morgan fingerprint density at radius 1 is 1.47 bits per heavy atom. The zero-order chi connectivity index (χ0) is 12.3. The number of ketones is 1. The maximum Gasteiger partial charge on any atom is 0.293 e. The molecule has 94 valence electrons. The van der Waals surface area contributed by atoms with Gasteiger partial charge in [-0.2, -0.15) is 4.98 Å². The van der Waals surface area contributed by atoms with Crippen LogP contribution in [0.1, 0.15) is 43.2 Å². The number of hydrogen-bond acceptors (Lipinski definition) is 6. The molecule has 1 aromatic rings. The number of nitrogens with zero attached hydrogens (tertiary/aromatic N) is 2. The summed E-state index contributed by atoms with van der Waals surface area (Å²) in [5.74, 6) is 0.251. The molecule has 1 saturated heterocycles. The molecule has 0 aliphatic carbocycles. The number of ether oxygens (including phenoxy) is 2. The Morgan fingerprint density at radius 2 is 2.18 bits per heavy atom. The lowest BCUT2D eigenvalue weighted by molar-refractivity contribution is -0.118. The molecule has 17 heavy (non-hydrogen) atoms. The molecule has 0 radical (unpaired) electrons. The molecule has 2 heterocycles. The van der Waals surface area contributed by atoms with Crippen LogP contribution >= 0.6 is 0 Å². The normalized spacial score (nSPS) is 19.2. The predicted octanol–water partition coefficient (Wildman–Crippen LogP) is 1.31. The van der Waals surface area contributed by atoms with E-state index in [1.807, 2.05) is 6.92 Å². The molecule has 1 aliphatic heterocycles. The average Bonchev–Trinajstić information content (AvgIpc) is 2.80. The van der Waals surface area contributed by atoms with Crippen molar-refractivity contribution in [1.29, 1.82) is 0 Å². The fourth-order valence-corrected chi connectivity index (χ4v) is 1.96. The topological polar surface area (TPSA) is 74.5 Å². The van der Waals surface area contributed by atoms with Crippen LogP contribution in [0.4, 0.5) is 0 Å². The summed E-state index contributed by atoms with van der Waals surface area (Å²) < 4.78 is 16.0. The fourth-order valence-electron chi connectivity index (χ4n) is 1.96. The van der Waals surface area contributed by atoms with Crippen LogP contribution in [0.5, 0.6) is 0 Å². The van der Waals surface area contributed by atoms with Gasteiger partial charge in [0, 0.05) is 39.6 Å². The average molecular weight is 240 g/mol. The van der Waals surface area contributed by atoms with Crippen molar-refractivity contribution in [1.82, 2.24) is 10.1 Å². The lowest BCUT2D eigenvalue weighted by Crippen LogP contribution is -2.37. The molecule has 0 amide bonds. The van der Waals surface area contributed by atoms with Crippen LogP contribution < -0.4 is 0 Å². The Balaban J connectivity index is 2.27. The number of carbonyl (C=O) groups is 1. The van der Waals surface area contributed by atoms with Crippen molar-refractivity contribution in [3.63, 3.8) is 0 Å². The van der Waals surface area contributed by atoms with Gasteiger partial charge in [-0.3, -0.25) is 4.79 Å². The highest BCUT2D eigenvalue weighted by Gasteiger charge is 2.40. The second kappa shape index (κ2) is 4.93. The van der Waals surface area contributed by atoms with Gasteiger partial charge >= 0.3 is 0 Å². The van der Waals surface area contributed by atoms with Crippen molar-refractivity contribution in [2.75, 3.05) is 19.8 Å². The van der Waals surface area contributed by atoms with Crippen LogP contribution in [-0.4, -0.2) is 35.7 Å². The van der Waals surface area contributed by atoms with Gasteiger partial charge in [0.1, 0.15) is 5.60 Å². The van der Waals surface area contributed by atoms with Crippen LogP contribution in [0.15, 0.2) is 4.52 Å². The molecule has 1 fully saturated rings. The minimum Gasteiger partial charge on any atom is -0.381 e. The zero-order valence-corrected chi connectivity index (χ0v) is 10.1. The van der Waals surface area contributed by atoms with Crippen molar-refractivity contribution < 1.29 is 18.8 Å². The second-order valence-electron chi connectivity index (χ2n) is 4.02. The molecular weight excluding hydrogens is 224 g/mol. The standard InChI is InChI=1S/C11H16N2O4/c1-3-16-11(4-6-15-7-5-11)10-12-9(8(2)14)17-13-10/h3-7H2,1-2H3. The first kappa shape index (κ1) is 12.2. The van der Waals surface area contributed by atoms with E-state index in [1.165, 1.54) is 6.92 Å². The van der Waals surface area contributed by atoms with Crippen LogP contribution in [0.2, 0.25) is 0 Å². The van der Waals surface area contributed by atoms with Gasteiger partial charge < -0.3 is 14.0 Å². The molecule has 0 unspecified atom stereocenters. The minimum absolute atomic E-state index is 0.0329. The first-order valence-electron chi connectivity index (χ1n) is 5.75. The van der Waals surface area contributed by atoms with Crippen molar-refractivity contribution in [3.8, 4) is 0 Å². The molecule has 2 rings (SSSR count). The lowest BCUT2D eigenvalue weighted by Gasteiger charge is -2.33. The first-order chi connectivity index (χ1) is 8.18. The van der Waals surface area contributed by atoms with Gasteiger partial charge in [0.25, 0.3) is 5.89 Å². The summed E-state index contributed by atoms with van der Waals surface area (Å²) in [7, 11) is 0. The molecule has 6 heteroatoms. The summed E-state index contributed by atoms with van der Waals surface area (Å²) in [5, 5.41) is 3.86. The third-order valence-corrected chi connectivity index (χ3v) is 2.86. The van der Waals surface area contributed by atoms with E-state index in [-0.39, 0.29) is 11.7 Å². The van der Waals surface area contributed by atoms with Gasteiger partial charge in [-0.15, -0.1) is 0 Å². The van der Waals surface area contributed by atoms with E-state index in [9.17, 15) is 4.79 Å². The van der Waals surface area contributed by atoms with Gasteiger partial charge in [-0.05, 0) is 6.92 Å². The Kier molecular flexibility index (Phi) is 3.54. The predicted molar refractivity (Wildman–Crippen MR) is 57.7 cm³/mol. The summed E-state index contributed by atoms with van der Waals surface area (Å²) >= 11 is 0. The zero-order valence-electron chi connectivity index (χ0n) is 10.1. The Hall–Kier alpha value is -1.27. The minimum atomic E-state index is -0.565. The Bertz CT molecular complexity index is 390. The molecule has 0 saturated carbocycles. The van der Waals surface area contributed by atoms with Gasteiger partial charge in [0.15, 0.2) is 0 Å². The van der Waals surface area contributed by atoms with E-state index < -0.39 is 5.60 Å². The third-order valence-electron chi connectivity index (χ3n) is 2.86. The molecule has 0 N–H and O–H groups in total. The van der Waals surface area contributed by atoms with E-state index in [0.717, 1.165) is 0 Å². The van der Waals surface area contributed by atoms with Crippen LogP contribution in [-0.2, 0) is 15.1 Å². The summed E-state index contributed by atoms with van der Waals surface area (Å²) in [6, 6.07) is 0. The number of rotatable bonds is 4. The van der Waals surface area contributed by atoms with Crippen LogP contribution in [0, 0.1) is 0 Å². The number of hydrogen-bond donors (Lipinski definition) is 0. The van der Waals surface area contributed by atoms with Crippen molar-refractivity contribution >= 4 is 5.78 Å². The molecule has 1 aromatic heterocycles. The SMILES string of the molecule is CCOC1(c2noc(C(C)=O)n2)CCOCC1. The highest BCUT2D eigenvalue weighted by Crippen LogP contribution is 2.34. The third kappa shape index (κ3) is 2.37. The fraction of sp³-hybridized carbons (Fsp3) is 0.727. The number of carbonyl (C=O) groups excluding carboxylic acids is 1. The Labute approximate surface area is 99.3 Å². The molecule has 0 spiro atoms. The molecule has 0 bridgehead atoms. The van der Waals surface area contributed by atoms with Gasteiger partial charge in [0.05, 0.1) is 0 Å².